The van der Waals surface area contributed by atoms with E-state index in [-0.39, 0.29) is 5.49 Å². The molecule has 1 aliphatic heterocycles. The number of nitrogens with one attached hydrogen (secondary N) is 2. The van der Waals surface area contributed by atoms with E-state index in [9.17, 15) is 9.90 Å². The van der Waals surface area contributed by atoms with Gasteiger partial charge in [-0.15, -0.1) is 0 Å². The number of aliphatic hydroxyl groups is 2. The molecule has 0 aliphatic carbocycles. The van der Waals surface area contributed by atoms with E-state index >= 15 is 0 Å². The van der Waals surface area contributed by atoms with Crippen LogP contribution in [0.3, 0.4) is 0 Å². The van der Waals surface area contributed by atoms with Crippen molar-refractivity contribution >= 4 is 0 Å². The molecule has 1 aromatic heterocycles. The smallest absolute Gasteiger partial charge is 0.329 e. The molecule has 1 aromatic rings. The zero-order valence-corrected chi connectivity index (χ0v) is 9.68. The molecule has 18 heavy (non-hydrogen) atoms. The molecular weight excluding hydrogens is 242 g/mol. The number of aromatic nitrogens is 2. The van der Waals surface area contributed by atoms with Crippen molar-refractivity contribution in [3.8, 4) is 0 Å². The highest BCUT2D eigenvalue weighted by Crippen LogP contribution is 2.29. The van der Waals surface area contributed by atoms with Crippen molar-refractivity contribution < 1.29 is 21.1 Å². The monoisotopic (exact) mass is 258 g/mol. The van der Waals surface area contributed by atoms with Crippen molar-refractivity contribution in [3.63, 3.8) is 0 Å². The van der Waals surface area contributed by atoms with E-state index in [2.05, 4.69) is 0 Å². The summed E-state index contributed by atoms with van der Waals surface area (Å²) in [6, 6.07) is 1.25. The Morgan fingerprint density at radius 2 is 2.50 bits per heavy atom. The Kier molecular flexibility index (Phi) is 3.24. The quantitative estimate of drug-likeness (QED) is 0.496. The normalized spacial score (nSPS) is 32.5. The number of aliphatic hydroxyl groups excluding tert-OH is 2. The van der Waals surface area contributed by atoms with E-state index < -0.39 is 36.8 Å². The predicted octanol–water partition coefficient (Wildman–Crippen LogP) is -2.08. The summed E-state index contributed by atoms with van der Waals surface area (Å²) < 4.78 is 18.9. The molecule has 0 amide bonds. The van der Waals surface area contributed by atoms with E-state index in [0.717, 1.165) is 4.57 Å². The third-order valence-corrected chi connectivity index (χ3v) is 2.87. The van der Waals surface area contributed by atoms with Gasteiger partial charge in [-0.25, -0.2) is 4.79 Å². The van der Waals surface area contributed by atoms with E-state index in [0.29, 0.717) is 4.98 Å². The van der Waals surface area contributed by atoms with Crippen molar-refractivity contribution in [2.75, 3.05) is 13.7 Å². The van der Waals surface area contributed by atoms with Gasteiger partial charge in [0.05, 0.1) is 6.61 Å². The maximum Gasteiger partial charge on any atom is 0.329 e. The van der Waals surface area contributed by atoms with Gasteiger partial charge < -0.3 is 19.7 Å². The van der Waals surface area contributed by atoms with Crippen molar-refractivity contribution in [3.05, 3.63) is 28.2 Å². The Hall–Kier alpha value is -1.48. The summed E-state index contributed by atoms with van der Waals surface area (Å²) in [5, 5.41) is 26.3. The minimum absolute atomic E-state index is 0.271. The Morgan fingerprint density at radius 1 is 1.78 bits per heavy atom. The number of rotatable bonds is 3. The fraction of sp³-hybridized carbons (Fsp3) is 0.600. The van der Waals surface area contributed by atoms with Crippen molar-refractivity contribution in [1.29, 1.82) is 5.41 Å². The van der Waals surface area contributed by atoms with E-state index in [1.54, 1.807) is 0 Å². The number of H-pyrrole nitrogens is 1. The maximum atomic E-state index is 11.9. The fourth-order valence-electron chi connectivity index (χ4n) is 1.95. The zero-order valence-electron chi connectivity index (χ0n) is 10.7. The summed E-state index contributed by atoms with van der Waals surface area (Å²) in [5.41, 5.74) is -1.06. The molecule has 0 unspecified atom stereocenters. The second-order valence-corrected chi connectivity index (χ2v) is 3.94. The van der Waals surface area contributed by atoms with Crippen LogP contribution in [0.15, 0.2) is 17.1 Å². The first-order valence-electron chi connectivity index (χ1n) is 5.81. The maximum absolute atomic E-state index is 11.9. The van der Waals surface area contributed by atoms with Gasteiger partial charge in [0, 0.05) is 13.3 Å². The van der Waals surface area contributed by atoms with Crippen LogP contribution in [0, 0.1) is 5.41 Å². The van der Waals surface area contributed by atoms with Crippen LogP contribution in [0.1, 0.15) is 6.23 Å². The molecule has 0 radical (unpaired) electrons. The molecule has 1 fully saturated rings. The van der Waals surface area contributed by atoms with Crippen LogP contribution in [-0.2, 0) is 9.47 Å². The van der Waals surface area contributed by atoms with Crippen LogP contribution in [-0.4, -0.2) is 51.8 Å². The summed E-state index contributed by atoms with van der Waals surface area (Å²) in [6.45, 7) is -0.413. The van der Waals surface area contributed by atoms with Crippen LogP contribution >= 0.6 is 0 Å². The minimum atomic E-state index is -1.08. The zero-order chi connectivity index (χ0) is 14.2. The second-order valence-electron chi connectivity index (χ2n) is 3.94. The molecule has 0 aromatic carbocycles. The van der Waals surface area contributed by atoms with E-state index in [1.165, 1.54) is 19.4 Å². The highest BCUT2D eigenvalue weighted by molar-refractivity contribution is 4.93. The lowest BCUT2D eigenvalue weighted by Gasteiger charge is -2.20. The van der Waals surface area contributed by atoms with Gasteiger partial charge in [-0.05, 0) is 6.07 Å². The fourth-order valence-corrected chi connectivity index (χ4v) is 1.95. The molecule has 8 heteroatoms. The Balaban J connectivity index is 2.44. The lowest BCUT2D eigenvalue weighted by atomic mass is 10.1. The van der Waals surface area contributed by atoms with E-state index in [1.807, 2.05) is 0 Å². The van der Waals surface area contributed by atoms with Gasteiger partial charge in [0.1, 0.15) is 23.8 Å². The first-order chi connectivity index (χ1) is 9.01. The number of hydrogen-bond acceptors (Lipinski definition) is 6. The number of hydrogen-bond donors (Lipinski definition) is 4. The summed E-state index contributed by atoms with van der Waals surface area (Å²) in [7, 11) is 1.35. The Bertz CT molecular complexity index is 571. The average molecular weight is 258 g/mol. The second kappa shape index (κ2) is 5.02. The van der Waals surface area contributed by atoms with Crippen molar-refractivity contribution in [2.24, 2.45) is 0 Å². The summed E-state index contributed by atoms with van der Waals surface area (Å²) in [5.74, 6) is 0. The lowest BCUT2D eigenvalue weighted by Crippen LogP contribution is -2.38. The number of methoxy groups -OCH3 is 1. The standard InChI is InChI=1S/C10H15N3O5/c1-17-8-7(15)5(4-14)18-9(8)13-3-2-6(11)12-10(13)16/h2-3,5,7-9,14-15H,4H2,1H3,(H2,11,12,16)/t5-,7-,8-,9-/m1/s1/i/hD. The molecule has 4 N–H and O–H groups in total. The first-order valence-corrected chi connectivity index (χ1v) is 5.36. The van der Waals surface area contributed by atoms with Crippen LogP contribution in [0.5, 0.6) is 0 Å². The summed E-state index contributed by atoms with van der Waals surface area (Å²) in [6.07, 6.45) is -2.45. The highest BCUT2D eigenvalue weighted by Gasteiger charge is 2.44. The first kappa shape index (κ1) is 11.6. The third kappa shape index (κ3) is 2.10. The van der Waals surface area contributed by atoms with Crippen LogP contribution < -0.4 is 11.2 Å². The molecule has 4 atom stereocenters. The van der Waals surface area contributed by atoms with Crippen LogP contribution in [0.2, 0.25) is 1.41 Å². The largest absolute Gasteiger partial charge is 0.394 e. The van der Waals surface area contributed by atoms with E-state index in [4.69, 9.17) is 21.4 Å². The van der Waals surface area contributed by atoms with Crippen LogP contribution in [0.4, 0.5) is 0 Å². The molecular formula is C10H15N3O5. The number of ether oxygens (including phenoxy) is 2. The SMILES string of the molecule is [2H]n1c(=N)ccn([C@@H]2O[C@H](CO)[C@@H](O)[C@H]2OC)c1=O. The summed E-state index contributed by atoms with van der Waals surface area (Å²) >= 11 is 0. The molecule has 2 heterocycles. The molecule has 1 saturated heterocycles. The number of nitrogens with zero attached hydrogens (tertiary/aromatic N) is 1. The topological polar surface area (TPSA) is 121 Å². The Morgan fingerprint density at radius 3 is 3.11 bits per heavy atom. The molecule has 8 nitrogen and oxygen atoms in total. The summed E-state index contributed by atoms with van der Waals surface area (Å²) in [4.78, 5) is 12.3. The lowest BCUT2D eigenvalue weighted by molar-refractivity contribution is -0.0625. The van der Waals surface area contributed by atoms with Gasteiger partial charge in [-0.2, -0.15) is 0 Å². The highest BCUT2D eigenvalue weighted by atomic mass is 16.6. The Labute approximate surface area is 103 Å². The van der Waals surface area contributed by atoms with Gasteiger partial charge in [0.15, 0.2) is 7.64 Å². The van der Waals surface area contributed by atoms with Crippen molar-refractivity contribution in [1.82, 2.24) is 9.54 Å². The molecule has 0 bridgehead atoms. The van der Waals surface area contributed by atoms with Crippen LogP contribution in [0.25, 0.3) is 0 Å². The molecule has 2 rings (SSSR count). The third-order valence-electron chi connectivity index (χ3n) is 2.87. The van der Waals surface area contributed by atoms with Gasteiger partial charge in [0.2, 0.25) is 0 Å². The molecule has 100 valence electrons. The molecule has 1 aliphatic rings. The van der Waals surface area contributed by atoms with Gasteiger partial charge in [-0.1, -0.05) is 0 Å². The average Bonchev–Trinajstić information content (AvgIpc) is 2.72. The minimum Gasteiger partial charge on any atom is -0.394 e. The molecule has 0 spiro atoms. The van der Waals surface area contributed by atoms with Gasteiger partial charge in [-0.3, -0.25) is 15.0 Å². The predicted molar refractivity (Wildman–Crippen MR) is 58.7 cm³/mol. The molecule has 0 saturated carbocycles. The number of aromatic amines is 1. The van der Waals surface area contributed by atoms with Crippen molar-refractivity contribution in [2.45, 2.75) is 24.5 Å². The van der Waals surface area contributed by atoms with Gasteiger partial charge >= 0.3 is 5.69 Å². The van der Waals surface area contributed by atoms with Gasteiger partial charge in [0.25, 0.3) is 0 Å².